The Hall–Kier alpha value is -1.39. The Morgan fingerprint density at radius 3 is 2.48 bits per heavy atom. The monoisotopic (exact) mass is 287 g/mol. The van der Waals surface area contributed by atoms with Gasteiger partial charge in [-0.15, -0.1) is 0 Å². The molecule has 0 aromatic heterocycles. The molecule has 4 heteroatoms. The van der Waals surface area contributed by atoms with Gasteiger partial charge in [0.15, 0.2) is 0 Å². The molecule has 2 saturated heterocycles. The number of carbonyl (C=O) groups is 1. The first kappa shape index (κ1) is 14.5. The molecular formula is C17H25N3O. The summed E-state index contributed by atoms with van der Waals surface area (Å²) in [7, 11) is 0. The number of benzene rings is 1. The number of rotatable bonds is 3. The summed E-state index contributed by atoms with van der Waals surface area (Å²) in [5, 5.41) is 0. The molecule has 1 aromatic rings. The Balaban J connectivity index is 1.65. The highest BCUT2D eigenvalue weighted by Crippen LogP contribution is 2.21. The maximum absolute atomic E-state index is 12.6. The van der Waals surface area contributed by atoms with Crippen LogP contribution in [0.2, 0.25) is 0 Å². The molecule has 1 unspecified atom stereocenters. The van der Waals surface area contributed by atoms with Crippen LogP contribution in [0.5, 0.6) is 0 Å². The van der Waals surface area contributed by atoms with Crippen molar-refractivity contribution in [3.8, 4) is 0 Å². The molecule has 2 aliphatic heterocycles. The number of nitrogens with two attached hydrogens (primary N) is 1. The third-order valence-corrected chi connectivity index (χ3v) is 4.78. The molecule has 0 radical (unpaired) electrons. The van der Waals surface area contributed by atoms with Crippen LogP contribution in [0.25, 0.3) is 0 Å². The Morgan fingerprint density at radius 1 is 1.10 bits per heavy atom. The minimum atomic E-state index is 0.169. The lowest BCUT2D eigenvalue weighted by Crippen LogP contribution is -2.48. The summed E-state index contributed by atoms with van der Waals surface area (Å²) < 4.78 is 0. The van der Waals surface area contributed by atoms with Crippen LogP contribution in [0.3, 0.4) is 0 Å². The van der Waals surface area contributed by atoms with E-state index in [1.807, 2.05) is 29.2 Å². The van der Waals surface area contributed by atoms with Gasteiger partial charge in [-0.1, -0.05) is 12.1 Å². The zero-order valence-electron chi connectivity index (χ0n) is 12.6. The smallest absolute Gasteiger partial charge is 0.253 e. The normalized spacial score (nSPS) is 23.5. The highest BCUT2D eigenvalue weighted by Gasteiger charge is 2.29. The van der Waals surface area contributed by atoms with Crippen molar-refractivity contribution in [1.29, 1.82) is 0 Å². The quantitative estimate of drug-likeness (QED) is 0.923. The zero-order valence-corrected chi connectivity index (χ0v) is 12.6. The van der Waals surface area contributed by atoms with Crippen molar-refractivity contribution in [1.82, 2.24) is 9.80 Å². The molecule has 0 bridgehead atoms. The van der Waals surface area contributed by atoms with Crippen LogP contribution < -0.4 is 5.73 Å². The number of hydrogen-bond acceptors (Lipinski definition) is 3. The van der Waals surface area contributed by atoms with Crippen LogP contribution >= 0.6 is 0 Å². The molecule has 4 nitrogen and oxygen atoms in total. The molecular weight excluding hydrogens is 262 g/mol. The summed E-state index contributed by atoms with van der Waals surface area (Å²) in [5.41, 5.74) is 7.46. The van der Waals surface area contributed by atoms with Gasteiger partial charge in [0.1, 0.15) is 0 Å². The van der Waals surface area contributed by atoms with E-state index in [1.165, 1.54) is 32.4 Å². The molecule has 0 aliphatic carbocycles. The van der Waals surface area contributed by atoms with Gasteiger partial charge >= 0.3 is 0 Å². The Morgan fingerprint density at radius 2 is 1.81 bits per heavy atom. The van der Waals surface area contributed by atoms with E-state index in [1.54, 1.807) is 0 Å². The predicted octanol–water partition coefficient (Wildman–Crippen LogP) is 1.85. The van der Waals surface area contributed by atoms with Gasteiger partial charge in [-0.2, -0.15) is 0 Å². The fourth-order valence-corrected chi connectivity index (χ4v) is 3.51. The third kappa shape index (κ3) is 3.27. The molecule has 1 aromatic carbocycles. The molecule has 2 fully saturated rings. The maximum atomic E-state index is 12.6. The third-order valence-electron chi connectivity index (χ3n) is 4.78. The highest BCUT2D eigenvalue weighted by molar-refractivity contribution is 5.94. The van der Waals surface area contributed by atoms with Crippen molar-refractivity contribution in [2.24, 2.45) is 5.73 Å². The number of amides is 1. The number of carbonyl (C=O) groups excluding carboxylic acids is 1. The van der Waals surface area contributed by atoms with Crippen LogP contribution in [0, 0.1) is 0 Å². The van der Waals surface area contributed by atoms with Gasteiger partial charge in [-0.25, -0.2) is 0 Å². The van der Waals surface area contributed by atoms with Gasteiger partial charge < -0.3 is 10.6 Å². The largest absolute Gasteiger partial charge is 0.337 e. The van der Waals surface area contributed by atoms with E-state index in [9.17, 15) is 4.79 Å². The topological polar surface area (TPSA) is 49.6 Å². The first-order valence-electron chi connectivity index (χ1n) is 8.10. The van der Waals surface area contributed by atoms with Gasteiger partial charge in [0.2, 0.25) is 0 Å². The summed E-state index contributed by atoms with van der Waals surface area (Å²) in [5.74, 6) is 0.169. The molecule has 0 spiro atoms. The fraction of sp³-hybridized carbons (Fsp3) is 0.588. The summed E-state index contributed by atoms with van der Waals surface area (Å²) in [6.07, 6.45) is 4.97. The number of hydrogen-bond donors (Lipinski definition) is 1. The van der Waals surface area contributed by atoms with Crippen molar-refractivity contribution in [3.63, 3.8) is 0 Å². The Labute approximate surface area is 126 Å². The predicted molar refractivity (Wildman–Crippen MR) is 84.1 cm³/mol. The van der Waals surface area contributed by atoms with E-state index in [2.05, 4.69) is 4.90 Å². The molecule has 1 amide bonds. The van der Waals surface area contributed by atoms with Gasteiger partial charge in [0, 0.05) is 31.2 Å². The van der Waals surface area contributed by atoms with Crippen LogP contribution in [-0.2, 0) is 6.54 Å². The highest BCUT2D eigenvalue weighted by atomic mass is 16.2. The average Bonchev–Trinajstić information content (AvgIpc) is 3.09. The number of likely N-dealkylation sites (tertiary alicyclic amines) is 2. The van der Waals surface area contributed by atoms with Crippen molar-refractivity contribution in [2.75, 3.05) is 26.2 Å². The molecule has 21 heavy (non-hydrogen) atoms. The molecule has 1 atom stereocenters. The average molecular weight is 287 g/mol. The fourth-order valence-electron chi connectivity index (χ4n) is 3.51. The molecule has 2 heterocycles. The van der Waals surface area contributed by atoms with E-state index < -0.39 is 0 Å². The lowest BCUT2D eigenvalue weighted by molar-refractivity contribution is 0.0608. The minimum absolute atomic E-state index is 0.169. The number of piperidine rings is 1. The van der Waals surface area contributed by atoms with Gasteiger partial charge in [-0.3, -0.25) is 9.69 Å². The first-order valence-corrected chi connectivity index (χ1v) is 8.10. The Bertz CT molecular complexity index is 479. The molecule has 3 rings (SSSR count). The summed E-state index contributed by atoms with van der Waals surface area (Å²) in [4.78, 5) is 17.2. The van der Waals surface area contributed by atoms with Gasteiger partial charge in [0.25, 0.3) is 5.91 Å². The van der Waals surface area contributed by atoms with Crippen molar-refractivity contribution < 1.29 is 4.79 Å². The van der Waals surface area contributed by atoms with Crippen molar-refractivity contribution in [3.05, 3.63) is 35.4 Å². The van der Waals surface area contributed by atoms with E-state index in [4.69, 9.17) is 5.73 Å². The lowest BCUT2D eigenvalue weighted by atomic mass is 10.0. The summed E-state index contributed by atoms with van der Waals surface area (Å²) in [6, 6.07) is 8.28. The summed E-state index contributed by atoms with van der Waals surface area (Å²) in [6.45, 7) is 4.71. The summed E-state index contributed by atoms with van der Waals surface area (Å²) >= 11 is 0. The SMILES string of the molecule is NCc1ccc(C(=O)N2CCCC(N3CCCC3)C2)cc1. The van der Waals surface area contributed by atoms with Crippen LogP contribution in [0.1, 0.15) is 41.6 Å². The van der Waals surface area contributed by atoms with E-state index in [-0.39, 0.29) is 5.91 Å². The molecule has 2 aliphatic rings. The van der Waals surface area contributed by atoms with Gasteiger partial charge in [-0.05, 0) is 56.5 Å². The van der Waals surface area contributed by atoms with Crippen molar-refractivity contribution >= 4 is 5.91 Å². The molecule has 2 N–H and O–H groups in total. The second kappa shape index (κ2) is 6.58. The zero-order chi connectivity index (χ0) is 14.7. The lowest BCUT2D eigenvalue weighted by Gasteiger charge is -2.37. The molecule has 114 valence electrons. The standard InChI is InChI=1S/C17H25N3O/c18-12-14-5-7-15(8-6-14)17(21)20-11-3-4-16(13-20)19-9-1-2-10-19/h5-8,16H,1-4,9-13,18H2. The second-order valence-electron chi connectivity index (χ2n) is 6.19. The number of nitrogens with zero attached hydrogens (tertiary/aromatic N) is 2. The molecule has 0 saturated carbocycles. The maximum Gasteiger partial charge on any atom is 0.253 e. The van der Waals surface area contributed by atoms with E-state index in [0.717, 1.165) is 30.6 Å². The minimum Gasteiger partial charge on any atom is -0.337 e. The van der Waals surface area contributed by atoms with Gasteiger partial charge in [0.05, 0.1) is 0 Å². The van der Waals surface area contributed by atoms with E-state index >= 15 is 0 Å². The Kier molecular flexibility index (Phi) is 4.56. The first-order chi connectivity index (χ1) is 10.3. The van der Waals surface area contributed by atoms with Crippen molar-refractivity contribution in [2.45, 2.75) is 38.3 Å². The van der Waals surface area contributed by atoms with Crippen LogP contribution in [0.4, 0.5) is 0 Å². The van der Waals surface area contributed by atoms with E-state index in [0.29, 0.717) is 12.6 Å². The van der Waals surface area contributed by atoms with Crippen LogP contribution in [0.15, 0.2) is 24.3 Å². The van der Waals surface area contributed by atoms with Crippen LogP contribution in [-0.4, -0.2) is 47.9 Å². The second-order valence-corrected chi connectivity index (χ2v) is 6.19.